The van der Waals surface area contributed by atoms with Crippen LogP contribution in [0.2, 0.25) is 0 Å². The second-order valence-corrected chi connectivity index (χ2v) is 4.28. The zero-order valence-corrected chi connectivity index (χ0v) is 10.4. The Balaban J connectivity index is 2.38. The molecule has 0 amide bonds. The van der Waals surface area contributed by atoms with E-state index in [1.807, 2.05) is 0 Å². The number of nitrogens with zero attached hydrogens (tertiary/aromatic N) is 1. The molecule has 1 aliphatic rings. The molecule has 8 nitrogen and oxygen atoms in total. The number of ether oxygens (including phenoxy) is 1. The van der Waals surface area contributed by atoms with Gasteiger partial charge in [0.05, 0.1) is 12.7 Å². The molecule has 108 valence electrons. The van der Waals surface area contributed by atoms with Gasteiger partial charge in [-0.3, -0.25) is 14.3 Å². The number of H-pyrrole nitrogens is 1. The second kappa shape index (κ2) is 6.02. The lowest BCUT2D eigenvalue weighted by Gasteiger charge is -2.14. The molecule has 1 fully saturated rings. The summed E-state index contributed by atoms with van der Waals surface area (Å²) in [5, 5.41) is 27.3. The third-order valence-electron chi connectivity index (χ3n) is 2.96. The topological polar surface area (TPSA) is 125 Å². The lowest BCUT2D eigenvalue weighted by Crippen LogP contribution is -2.33. The van der Waals surface area contributed by atoms with Crippen LogP contribution < -0.4 is 11.2 Å². The molecule has 1 aliphatic heterocycles. The Labute approximate surface area is 113 Å². The molecule has 1 saturated heterocycles. The van der Waals surface area contributed by atoms with Gasteiger partial charge in [-0.1, -0.05) is 11.8 Å². The van der Waals surface area contributed by atoms with Crippen LogP contribution in [0, 0.1) is 11.8 Å². The molecule has 0 aromatic carbocycles. The Morgan fingerprint density at radius 2 is 2.20 bits per heavy atom. The Morgan fingerprint density at radius 1 is 1.45 bits per heavy atom. The first-order chi connectivity index (χ1) is 9.56. The van der Waals surface area contributed by atoms with E-state index >= 15 is 0 Å². The molecular weight excluding hydrogens is 268 g/mol. The van der Waals surface area contributed by atoms with Gasteiger partial charge in [0.1, 0.15) is 24.5 Å². The minimum atomic E-state index is -0.893. The summed E-state index contributed by atoms with van der Waals surface area (Å²) in [6, 6.07) is 0. The van der Waals surface area contributed by atoms with Gasteiger partial charge in [-0.25, -0.2) is 4.79 Å². The number of aromatic nitrogens is 2. The number of nitrogens with one attached hydrogen (secondary N) is 1. The normalized spacial score (nSPS) is 25.2. The van der Waals surface area contributed by atoms with Crippen LogP contribution in [0.3, 0.4) is 0 Å². The lowest BCUT2D eigenvalue weighted by atomic mass is 10.2. The van der Waals surface area contributed by atoms with E-state index in [0.29, 0.717) is 0 Å². The summed E-state index contributed by atoms with van der Waals surface area (Å²) in [5.41, 5.74) is -1.35. The van der Waals surface area contributed by atoms with Crippen molar-refractivity contribution in [3.05, 3.63) is 32.6 Å². The zero-order chi connectivity index (χ0) is 14.7. The summed E-state index contributed by atoms with van der Waals surface area (Å²) in [6.45, 7) is -0.781. The number of aliphatic hydroxyl groups excluding tert-OH is 3. The molecule has 0 saturated carbocycles. The zero-order valence-electron chi connectivity index (χ0n) is 10.4. The predicted octanol–water partition coefficient (Wildman–Crippen LogP) is -2.48. The van der Waals surface area contributed by atoms with Crippen LogP contribution in [0.1, 0.15) is 18.2 Å². The number of aromatic amines is 1. The molecule has 3 atom stereocenters. The van der Waals surface area contributed by atoms with Crippen LogP contribution in [-0.2, 0) is 4.74 Å². The van der Waals surface area contributed by atoms with Crippen molar-refractivity contribution >= 4 is 0 Å². The highest BCUT2D eigenvalue weighted by Gasteiger charge is 2.35. The standard InChI is InChI=1S/C12H14N2O6/c15-3-1-2-7-5-14(12(19)13-11(7)18)10-4-8(17)9(6-16)20-10/h5,8-10,15-17H,3-4,6H2,(H,13,18,19)/t8-,9+,10+/m0/s1. The van der Waals surface area contributed by atoms with Crippen LogP contribution in [0.4, 0.5) is 0 Å². The van der Waals surface area contributed by atoms with Gasteiger partial charge in [-0.15, -0.1) is 0 Å². The van der Waals surface area contributed by atoms with Gasteiger partial charge in [0.2, 0.25) is 0 Å². The Bertz CT molecular complexity index is 652. The van der Waals surface area contributed by atoms with Gasteiger partial charge in [0.15, 0.2) is 0 Å². The maximum absolute atomic E-state index is 11.7. The van der Waals surface area contributed by atoms with E-state index in [-0.39, 0.29) is 18.6 Å². The molecule has 1 aromatic rings. The average Bonchev–Trinajstić information content (AvgIpc) is 2.79. The first-order valence-electron chi connectivity index (χ1n) is 5.96. The van der Waals surface area contributed by atoms with Crippen LogP contribution in [0.25, 0.3) is 0 Å². The van der Waals surface area contributed by atoms with Gasteiger partial charge in [0, 0.05) is 12.6 Å². The fourth-order valence-electron chi connectivity index (χ4n) is 1.97. The van der Waals surface area contributed by atoms with Crippen LogP contribution in [-0.4, -0.2) is 50.3 Å². The first-order valence-corrected chi connectivity index (χ1v) is 5.96. The predicted molar refractivity (Wildman–Crippen MR) is 66.9 cm³/mol. The van der Waals surface area contributed by atoms with Crippen molar-refractivity contribution in [3.8, 4) is 11.8 Å². The van der Waals surface area contributed by atoms with Crippen LogP contribution in [0.5, 0.6) is 0 Å². The fraction of sp³-hybridized carbons (Fsp3) is 0.500. The van der Waals surface area contributed by atoms with Crippen molar-refractivity contribution in [1.29, 1.82) is 0 Å². The SMILES string of the molecule is O=c1[nH]c(=O)n([C@H]2C[C@H](O)[C@@H](CO)O2)cc1C#CCO. The third kappa shape index (κ3) is 2.81. The van der Waals surface area contributed by atoms with Gasteiger partial charge < -0.3 is 20.1 Å². The Hall–Kier alpha value is -1.92. The van der Waals surface area contributed by atoms with Gasteiger partial charge in [0.25, 0.3) is 5.56 Å². The van der Waals surface area contributed by atoms with E-state index in [9.17, 15) is 14.7 Å². The second-order valence-electron chi connectivity index (χ2n) is 4.28. The maximum Gasteiger partial charge on any atom is 0.330 e. The van der Waals surface area contributed by atoms with Gasteiger partial charge in [-0.05, 0) is 0 Å². The van der Waals surface area contributed by atoms with Crippen molar-refractivity contribution in [3.63, 3.8) is 0 Å². The molecule has 2 heterocycles. The summed E-state index contributed by atoms with van der Waals surface area (Å²) in [4.78, 5) is 25.3. The van der Waals surface area contributed by atoms with E-state index < -0.39 is 36.3 Å². The molecule has 20 heavy (non-hydrogen) atoms. The average molecular weight is 282 g/mol. The van der Waals surface area contributed by atoms with Crippen molar-refractivity contribution in [1.82, 2.24) is 9.55 Å². The Morgan fingerprint density at radius 3 is 2.80 bits per heavy atom. The minimum absolute atomic E-state index is 0.00388. The van der Waals surface area contributed by atoms with E-state index in [1.54, 1.807) is 0 Å². The highest BCUT2D eigenvalue weighted by molar-refractivity contribution is 5.29. The number of aliphatic hydroxyl groups is 3. The smallest absolute Gasteiger partial charge is 0.330 e. The van der Waals surface area contributed by atoms with E-state index in [2.05, 4.69) is 16.8 Å². The highest BCUT2D eigenvalue weighted by atomic mass is 16.5. The van der Waals surface area contributed by atoms with E-state index in [4.69, 9.17) is 14.9 Å². The summed E-state index contributed by atoms with van der Waals surface area (Å²) < 4.78 is 6.43. The molecule has 0 bridgehead atoms. The quantitative estimate of drug-likeness (QED) is 0.445. The summed E-state index contributed by atoms with van der Waals surface area (Å²) in [5.74, 6) is 4.73. The molecule has 0 spiro atoms. The molecule has 0 aliphatic carbocycles. The molecule has 2 rings (SSSR count). The fourth-order valence-corrected chi connectivity index (χ4v) is 1.97. The molecule has 0 unspecified atom stereocenters. The summed E-state index contributed by atoms with van der Waals surface area (Å²) in [6.07, 6.45) is -1.13. The molecule has 1 aromatic heterocycles. The van der Waals surface area contributed by atoms with Crippen molar-refractivity contribution in [2.75, 3.05) is 13.2 Å². The number of hydrogen-bond donors (Lipinski definition) is 4. The van der Waals surface area contributed by atoms with E-state index in [1.165, 1.54) is 6.20 Å². The maximum atomic E-state index is 11.7. The van der Waals surface area contributed by atoms with Crippen LogP contribution >= 0.6 is 0 Å². The summed E-state index contributed by atoms with van der Waals surface area (Å²) >= 11 is 0. The number of hydrogen-bond acceptors (Lipinski definition) is 6. The largest absolute Gasteiger partial charge is 0.394 e. The van der Waals surface area contributed by atoms with E-state index in [0.717, 1.165) is 4.57 Å². The molecule has 0 radical (unpaired) electrons. The van der Waals surface area contributed by atoms with Gasteiger partial charge >= 0.3 is 5.69 Å². The lowest BCUT2D eigenvalue weighted by molar-refractivity contribution is -0.0459. The Kier molecular flexibility index (Phi) is 4.36. The van der Waals surface area contributed by atoms with Gasteiger partial charge in [-0.2, -0.15) is 0 Å². The van der Waals surface area contributed by atoms with Crippen molar-refractivity contribution in [2.24, 2.45) is 0 Å². The third-order valence-corrected chi connectivity index (χ3v) is 2.96. The van der Waals surface area contributed by atoms with Crippen molar-refractivity contribution < 1.29 is 20.1 Å². The number of rotatable bonds is 2. The molecular formula is C12H14N2O6. The summed E-state index contributed by atoms with van der Waals surface area (Å²) in [7, 11) is 0. The molecule has 8 heteroatoms. The monoisotopic (exact) mass is 282 g/mol. The molecule has 4 N–H and O–H groups in total. The minimum Gasteiger partial charge on any atom is -0.394 e. The van der Waals surface area contributed by atoms with Crippen molar-refractivity contribution in [2.45, 2.75) is 24.9 Å². The first kappa shape index (κ1) is 14.5. The highest BCUT2D eigenvalue weighted by Crippen LogP contribution is 2.27. The van der Waals surface area contributed by atoms with Crippen LogP contribution in [0.15, 0.2) is 15.8 Å².